The summed E-state index contributed by atoms with van der Waals surface area (Å²) in [6.45, 7) is 7.61. The Kier molecular flexibility index (Phi) is 3.43. The molecule has 2 heterocycles. The molecule has 20 heavy (non-hydrogen) atoms. The molecule has 1 fully saturated rings. The minimum absolute atomic E-state index is 0.00953. The lowest BCUT2D eigenvalue weighted by atomic mass is 9.75. The molecule has 1 aliphatic heterocycles. The van der Waals surface area contributed by atoms with Crippen LogP contribution in [0.25, 0.3) is 0 Å². The predicted molar refractivity (Wildman–Crippen MR) is 73.9 cm³/mol. The summed E-state index contributed by atoms with van der Waals surface area (Å²) in [7, 11) is -0.760. The number of primary amides is 1. The molecule has 2 rings (SSSR count). The molecule has 7 heteroatoms. The minimum Gasteiger partial charge on any atom is -0.399 e. The van der Waals surface area contributed by atoms with E-state index in [1.807, 2.05) is 27.7 Å². The molecule has 0 unspecified atom stereocenters. The van der Waals surface area contributed by atoms with E-state index in [2.05, 4.69) is 4.98 Å². The van der Waals surface area contributed by atoms with Gasteiger partial charge >= 0.3 is 7.12 Å². The normalized spacial score (nSPS) is 19.9. The second-order valence-electron chi connectivity index (χ2n) is 5.73. The number of carbonyl (C=O) groups is 2. The van der Waals surface area contributed by atoms with Crippen molar-refractivity contribution in [3.05, 3.63) is 23.5 Å². The third-order valence-corrected chi connectivity index (χ3v) is 3.88. The van der Waals surface area contributed by atoms with Crippen molar-refractivity contribution < 1.29 is 18.9 Å². The Hall–Kier alpha value is -1.73. The first-order valence-corrected chi connectivity index (χ1v) is 6.29. The second kappa shape index (κ2) is 4.68. The number of rotatable bonds is 3. The number of amides is 1. The first-order valence-electron chi connectivity index (χ1n) is 6.29. The Morgan fingerprint density at radius 2 is 1.85 bits per heavy atom. The molecule has 2 N–H and O–H groups in total. The molecule has 1 aromatic heterocycles. The van der Waals surface area contributed by atoms with E-state index in [4.69, 9.17) is 15.0 Å². The molecule has 6 nitrogen and oxygen atoms in total. The molecule has 0 atom stereocenters. The number of hydrogen-bond donors (Lipinski definition) is 1. The molecule has 0 aromatic carbocycles. The zero-order chi connectivity index (χ0) is 15.1. The van der Waals surface area contributed by atoms with Gasteiger partial charge in [-0.15, -0.1) is 0 Å². The van der Waals surface area contributed by atoms with Crippen LogP contribution < -0.4 is 11.2 Å². The van der Waals surface area contributed by atoms with Crippen LogP contribution in [0.1, 0.15) is 48.5 Å². The van der Waals surface area contributed by atoms with Gasteiger partial charge in [0, 0.05) is 6.20 Å². The monoisotopic (exact) mass is 276 g/mol. The van der Waals surface area contributed by atoms with Crippen molar-refractivity contribution in [2.75, 3.05) is 0 Å². The van der Waals surface area contributed by atoms with Crippen molar-refractivity contribution in [2.45, 2.75) is 38.9 Å². The largest absolute Gasteiger partial charge is 0.495 e. The van der Waals surface area contributed by atoms with Gasteiger partial charge < -0.3 is 15.0 Å². The summed E-state index contributed by atoms with van der Waals surface area (Å²) in [5, 5.41) is 0. The third kappa shape index (κ3) is 2.23. The SMILES string of the molecule is CC1(C)OB(c2ccnc(C=O)c2C(N)=O)OC1(C)C. The van der Waals surface area contributed by atoms with E-state index in [9.17, 15) is 9.59 Å². The first-order chi connectivity index (χ1) is 9.19. The Labute approximate surface area is 117 Å². The highest BCUT2D eigenvalue weighted by Crippen LogP contribution is 2.36. The van der Waals surface area contributed by atoms with E-state index in [0.29, 0.717) is 11.7 Å². The van der Waals surface area contributed by atoms with Gasteiger partial charge in [-0.2, -0.15) is 0 Å². The maximum absolute atomic E-state index is 11.6. The van der Waals surface area contributed by atoms with E-state index in [-0.39, 0.29) is 11.3 Å². The van der Waals surface area contributed by atoms with Gasteiger partial charge in [0.05, 0.1) is 16.8 Å². The van der Waals surface area contributed by atoms with Crippen LogP contribution in [-0.2, 0) is 9.31 Å². The lowest BCUT2D eigenvalue weighted by Gasteiger charge is -2.32. The molecule has 1 aromatic rings. The maximum atomic E-state index is 11.6. The van der Waals surface area contributed by atoms with Gasteiger partial charge in [-0.05, 0) is 39.2 Å². The van der Waals surface area contributed by atoms with Crippen LogP contribution >= 0.6 is 0 Å². The summed E-state index contributed by atoms with van der Waals surface area (Å²) in [4.78, 5) is 26.4. The number of hydrogen-bond acceptors (Lipinski definition) is 5. The van der Waals surface area contributed by atoms with Crippen molar-refractivity contribution in [1.82, 2.24) is 4.98 Å². The summed E-state index contributed by atoms with van der Waals surface area (Å²) < 4.78 is 11.7. The van der Waals surface area contributed by atoms with Gasteiger partial charge in [0.25, 0.3) is 5.91 Å². The number of pyridine rings is 1. The molecule has 0 aliphatic carbocycles. The van der Waals surface area contributed by atoms with Crippen molar-refractivity contribution >= 4 is 24.8 Å². The zero-order valence-electron chi connectivity index (χ0n) is 12.0. The van der Waals surface area contributed by atoms with Crippen LogP contribution in [0.5, 0.6) is 0 Å². The Bertz CT molecular complexity index is 555. The van der Waals surface area contributed by atoms with Gasteiger partial charge in [-0.25, -0.2) is 0 Å². The number of nitrogens with zero attached hydrogens (tertiary/aromatic N) is 1. The molecule has 1 saturated heterocycles. The molecule has 0 spiro atoms. The summed E-state index contributed by atoms with van der Waals surface area (Å²) in [5.74, 6) is -0.732. The third-order valence-electron chi connectivity index (χ3n) is 3.88. The van der Waals surface area contributed by atoms with Crippen molar-refractivity contribution in [3.63, 3.8) is 0 Å². The number of aldehydes is 1. The fourth-order valence-electron chi connectivity index (χ4n) is 2.02. The molecule has 1 amide bonds. The van der Waals surface area contributed by atoms with Gasteiger partial charge in [0.2, 0.25) is 0 Å². The Morgan fingerprint density at radius 1 is 1.30 bits per heavy atom. The standard InChI is InChI=1S/C13H17BN2O4/c1-12(2)13(3,4)20-14(19-12)8-5-6-16-9(7-17)10(8)11(15)18/h5-7H,1-4H3,(H2,15,18). The van der Waals surface area contributed by atoms with Crippen LogP contribution in [0.2, 0.25) is 0 Å². The van der Waals surface area contributed by atoms with E-state index >= 15 is 0 Å². The van der Waals surface area contributed by atoms with Crippen molar-refractivity contribution in [3.8, 4) is 0 Å². The van der Waals surface area contributed by atoms with E-state index < -0.39 is 24.2 Å². The minimum atomic E-state index is -0.760. The van der Waals surface area contributed by atoms with Crippen molar-refractivity contribution in [2.24, 2.45) is 5.73 Å². The predicted octanol–water partition coefficient (Wildman–Crippen LogP) is 0.292. The molecule has 0 saturated carbocycles. The molecular weight excluding hydrogens is 259 g/mol. The topological polar surface area (TPSA) is 91.5 Å². The van der Waals surface area contributed by atoms with Crippen LogP contribution in [0.3, 0.4) is 0 Å². The van der Waals surface area contributed by atoms with Crippen LogP contribution in [-0.4, -0.2) is 35.5 Å². The smallest absolute Gasteiger partial charge is 0.399 e. The summed E-state index contributed by atoms with van der Waals surface area (Å²) in [5.41, 5.74) is 4.71. The molecule has 0 bridgehead atoms. The van der Waals surface area contributed by atoms with Gasteiger partial charge in [-0.3, -0.25) is 14.6 Å². The fraction of sp³-hybridized carbons (Fsp3) is 0.462. The van der Waals surface area contributed by atoms with Crippen LogP contribution in [0.4, 0.5) is 0 Å². The molecule has 1 aliphatic rings. The molecular formula is C13H17BN2O4. The first kappa shape index (κ1) is 14.7. The lowest BCUT2D eigenvalue weighted by molar-refractivity contribution is 0.00578. The van der Waals surface area contributed by atoms with E-state index in [1.165, 1.54) is 6.20 Å². The molecule has 0 radical (unpaired) electrons. The Balaban J connectivity index is 2.50. The van der Waals surface area contributed by atoms with E-state index in [0.717, 1.165) is 0 Å². The highest BCUT2D eigenvalue weighted by Gasteiger charge is 2.52. The molecule has 106 valence electrons. The lowest BCUT2D eigenvalue weighted by Crippen LogP contribution is -2.41. The zero-order valence-corrected chi connectivity index (χ0v) is 12.0. The highest BCUT2D eigenvalue weighted by atomic mass is 16.7. The summed E-state index contributed by atoms with van der Waals surface area (Å²) in [6.07, 6.45) is 1.92. The van der Waals surface area contributed by atoms with Crippen LogP contribution in [0, 0.1) is 0 Å². The van der Waals surface area contributed by atoms with Crippen LogP contribution in [0.15, 0.2) is 12.3 Å². The highest BCUT2D eigenvalue weighted by molar-refractivity contribution is 6.63. The maximum Gasteiger partial charge on any atom is 0.495 e. The van der Waals surface area contributed by atoms with Gasteiger partial charge in [-0.1, -0.05) is 0 Å². The number of carbonyl (C=O) groups excluding carboxylic acids is 2. The van der Waals surface area contributed by atoms with Gasteiger partial charge in [0.15, 0.2) is 6.29 Å². The quantitative estimate of drug-likeness (QED) is 0.633. The fourth-order valence-corrected chi connectivity index (χ4v) is 2.02. The summed E-state index contributed by atoms with van der Waals surface area (Å²) >= 11 is 0. The average Bonchev–Trinajstić information content (AvgIpc) is 2.57. The second-order valence-corrected chi connectivity index (χ2v) is 5.73. The average molecular weight is 276 g/mol. The van der Waals surface area contributed by atoms with Crippen molar-refractivity contribution in [1.29, 1.82) is 0 Å². The Morgan fingerprint density at radius 3 is 2.30 bits per heavy atom. The number of aromatic nitrogens is 1. The number of nitrogens with two attached hydrogens (primary N) is 1. The summed E-state index contributed by atoms with van der Waals surface area (Å²) in [6, 6.07) is 1.58. The van der Waals surface area contributed by atoms with E-state index in [1.54, 1.807) is 6.07 Å². The van der Waals surface area contributed by atoms with Gasteiger partial charge in [0.1, 0.15) is 5.69 Å².